The molecule has 2 heterocycles. The van der Waals surface area contributed by atoms with Crippen molar-refractivity contribution < 1.29 is 125 Å². The highest BCUT2D eigenvalue weighted by Gasteiger charge is 2.23. The highest BCUT2D eigenvalue weighted by atomic mass is 35.5. The Labute approximate surface area is 848 Å². The quantitative estimate of drug-likeness (QED) is 0.0103. The lowest BCUT2D eigenvalue weighted by atomic mass is 10.1. The second-order valence-corrected chi connectivity index (χ2v) is 38.0. The standard InChI is InChI=1S/C22H26O5.C21H34O4.C15H24ClNO2.C15H22O4.C13H10O3.C9H18O3.C6H14O.C4H8O2.2C4H8O/c1-16(13-14-20(23)27-22(2,3)4)25-18-11-8-12-19(15-18)26-21(24)17-9-6-5-7-10-17;1-7-17(8-2)15-23-18-10-9-11-19(14-18)24-16(3)12-13-20(22)25-21(4,5)6;1-4-13(5-2)11-18-14-7-6-8-15(9-14)19-12(3)10-17-16;1-11(8-9-14(17)19-15(2,3)4)18-13-7-5-6-12(16)10-13;14-11-7-4-8-12(9-11)16-13(15)10-5-2-1-3-6-10;1-7(10)5-6-8(11)12-9(2,3)4;1-3-6(4-2)5-7;1-3-6-4(2)5;2*1-2-4-5-3-1/h5-12,15-16H,13-14H2,1-4H3;9-11,14,16-17H,7-8,12-13,15H2,1-6H3;6-9,12-13,17H,4-5,10-11H2,1-3H3;5-7,10-11,16H,8-9H2,1-4H3;1-9,14H;7,10H,5-6H2,1-4H3;6-7H,3-5H2,1-2H3;3H2,1-2H3;2*1-4H2/t2*16-;12-;11-;;7-;;;;/m1111.0..../s1. The summed E-state index contributed by atoms with van der Waals surface area (Å²) in [5, 5.41) is 35.9. The minimum Gasteiger partial charge on any atom is -0.508 e. The molecule has 0 aromatic heterocycles. The third-order valence-electron chi connectivity index (χ3n) is 19.6. The van der Waals surface area contributed by atoms with Gasteiger partial charge in [-0.2, -0.15) is 0 Å². The lowest BCUT2D eigenvalue weighted by molar-refractivity contribution is -0.156. The molecule has 7 aromatic carbocycles. The van der Waals surface area contributed by atoms with Crippen LogP contribution in [-0.2, 0) is 57.1 Å². The van der Waals surface area contributed by atoms with E-state index in [1.165, 1.54) is 44.7 Å². The number of nitrogens with one attached hydrogen (secondary N) is 1. The van der Waals surface area contributed by atoms with Gasteiger partial charge in [-0.15, -0.1) is 0 Å². The maximum Gasteiger partial charge on any atom is 0.343 e. The molecular formula is C113H172ClNO26. The van der Waals surface area contributed by atoms with E-state index in [1.807, 2.05) is 171 Å². The van der Waals surface area contributed by atoms with Crippen LogP contribution in [0.3, 0.4) is 0 Å². The van der Waals surface area contributed by atoms with Gasteiger partial charge in [0, 0.05) is 103 Å². The van der Waals surface area contributed by atoms with Gasteiger partial charge in [0.25, 0.3) is 0 Å². The van der Waals surface area contributed by atoms with Crippen molar-refractivity contribution in [3.63, 3.8) is 0 Å². The Kier molecular flexibility index (Phi) is 70.3. The SMILES string of the molecule is C1CCOC1.C1CCOC1.CCC(CC)CO.CCC(CC)COc1cccc(O[C@H](C)CCC(=O)OC(C)(C)C)c1.CCC(CC)COc1cccc(O[C@H](C)CNCl)c1.CCOC(C)=O.C[C@H](CCC(=O)OC(C)(C)C)Oc1cccc(O)c1.C[C@H](CCC(=O)OC(C)(C)C)Oc1cccc(OC(=O)c2ccccc2)c1.C[C@H](O)CCC(=O)OC(C)(C)C.O=C(Oc1cccc(O)c1)c1ccccc1. The number of phenols is 2. The number of aromatic hydroxyl groups is 2. The highest BCUT2D eigenvalue weighted by Crippen LogP contribution is 2.29. The molecule has 27 nitrogen and oxygen atoms in total. The van der Waals surface area contributed by atoms with E-state index in [0.717, 1.165) is 101 Å². The summed E-state index contributed by atoms with van der Waals surface area (Å²) >= 11 is 5.46. The van der Waals surface area contributed by atoms with Crippen molar-refractivity contribution in [2.75, 3.05) is 59.4 Å². The summed E-state index contributed by atoms with van der Waals surface area (Å²) in [4.78, 5) is 82.3. The number of phenolic OH excluding ortho intramolecular Hbond substituents is 2. The van der Waals surface area contributed by atoms with E-state index >= 15 is 0 Å². The van der Waals surface area contributed by atoms with Crippen LogP contribution >= 0.6 is 11.8 Å². The Morgan fingerprint density at radius 2 is 0.645 bits per heavy atom. The molecule has 0 aliphatic carbocycles. The van der Waals surface area contributed by atoms with E-state index in [1.54, 1.807) is 123 Å². The van der Waals surface area contributed by atoms with Crippen LogP contribution in [0.1, 0.15) is 309 Å². The third kappa shape index (κ3) is 74.9. The van der Waals surface area contributed by atoms with Crippen LogP contribution in [0.5, 0.6) is 57.5 Å². The fraction of sp³-hybridized carbons (Fsp3) is 0.566. The van der Waals surface area contributed by atoms with Gasteiger partial charge in [0.05, 0.1) is 55.4 Å². The largest absolute Gasteiger partial charge is 0.508 e. The molecule has 0 saturated carbocycles. The van der Waals surface area contributed by atoms with Crippen LogP contribution in [-0.4, -0.2) is 175 Å². The van der Waals surface area contributed by atoms with Crippen LogP contribution in [0.25, 0.3) is 0 Å². The minimum atomic E-state index is -0.488. The van der Waals surface area contributed by atoms with Gasteiger partial charge in [-0.1, -0.05) is 147 Å². The Hall–Kier alpha value is -10.7. The Morgan fingerprint density at radius 3 is 0.901 bits per heavy atom. The summed E-state index contributed by atoms with van der Waals surface area (Å²) in [6.07, 6.45) is 14.5. The van der Waals surface area contributed by atoms with Crippen molar-refractivity contribution in [3.8, 4) is 57.5 Å². The zero-order chi connectivity index (χ0) is 106. The molecule has 0 amide bonds. The molecule has 2 fully saturated rings. The van der Waals surface area contributed by atoms with Gasteiger partial charge in [0.15, 0.2) is 0 Å². The summed E-state index contributed by atoms with van der Waals surface area (Å²) in [6, 6.07) is 52.6. The van der Waals surface area contributed by atoms with E-state index in [0.29, 0.717) is 110 Å². The number of benzene rings is 7. The third-order valence-corrected chi connectivity index (χ3v) is 19.8. The van der Waals surface area contributed by atoms with Crippen LogP contribution in [0, 0.1) is 17.8 Å². The first-order chi connectivity index (χ1) is 66.6. The molecule has 2 saturated heterocycles. The molecule has 0 spiro atoms. The smallest absolute Gasteiger partial charge is 0.343 e. The minimum absolute atomic E-state index is 0.0202. The van der Waals surface area contributed by atoms with Crippen LogP contribution in [0.2, 0.25) is 0 Å². The average molecular weight is 2000 g/mol. The van der Waals surface area contributed by atoms with E-state index in [2.05, 4.69) is 51.1 Å². The molecule has 9 rings (SSSR count). The number of halogens is 1. The summed E-state index contributed by atoms with van der Waals surface area (Å²) in [6.45, 7) is 54.5. The molecule has 5 atom stereocenters. The molecule has 0 unspecified atom stereocenters. The number of aliphatic hydroxyl groups excluding tert-OH is 2. The van der Waals surface area contributed by atoms with E-state index in [9.17, 15) is 43.8 Å². The molecule has 0 radical (unpaired) electrons. The van der Waals surface area contributed by atoms with Crippen molar-refractivity contribution in [2.24, 2.45) is 17.8 Å². The molecule has 141 heavy (non-hydrogen) atoms. The van der Waals surface area contributed by atoms with Crippen molar-refractivity contribution in [3.05, 3.63) is 193 Å². The summed E-state index contributed by atoms with van der Waals surface area (Å²) in [5.41, 5.74) is -0.845. The number of ether oxygens (including phenoxy) is 15. The van der Waals surface area contributed by atoms with Gasteiger partial charge >= 0.3 is 41.8 Å². The van der Waals surface area contributed by atoms with Crippen LogP contribution in [0.4, 0.5) is 0 Å². The van der Waals surface area contributed by atoms with Gasteiger partial charge in [0.2, 0.25) is 0 Å². The number of aliphatic hydroxyl groups is 2. The van der Waals surface area contributed by atoms with Gasteiger partial charge < -0.3 is 91.5 Å². The van der Waals surface area contributed by atoms with Gasteiger partial charge in [-0.25, -0.2) is 14.4 Å². The second-order valence-electron chi connectivity index (χ2n) is 37.7. The first kappa shape index (κ1) is 130. The maximum absolute atomic E-state index is 12.1. The number of esters is 7. The number of rotatable bonds is 40. The summed E-state index contributed by atoms with van der Waals surface area (Å²) in [5.74, 6) is 5.14. The van der Waals surface area contributed by atoms with E-state index in [4.69, 9.17) is 88.3 Å². The number of carbonyl (C=O) groups excluding carboxylic acids is 7. The monoisotopic (exact) mass is 1990 g/mol. The van der Waals surface area contributed by atoms with Crippen LogP contribution < -0.4 is 42.7 Å². The lowest BCUT2D eigenvalue weighted by Crippen LogP contribution is -2.25. The Bertz CT molecular complexity index is 4400. The Balaban J connectivity index is 0.00000161. The Morgan fingerprint density at radius 1 is 0.369 bits per heavy atom. The van der Waals surface area contributed by atoms with Gasteiger partial charge in [0.1, 0.15) is 86.0 Å². The maximum atomic E-state index is 12.1. The first-order valence-corrected chi connectivity index (χ1v) is 50.1. The van der Waals surface area contributed by atoms with Crippen LogP contribution in [0.15, 0.2) is 182 Å². The molecule has 5 N–H and O–H groups in total. The van der Waals surface area contributed by atoms with Crippen molar-refractivity contribution in [2.45, 2.75) is 342 Å². The fourth-order valence-electron chi connectivity index (χ4n) is 11.8. The van der Waals surface area contributed by atoms with Crippen molar-refractivity contribution in [1.82, 2.24) is 4.84 Å². The zero-order valence-electron chi connectivity index (χ0n) is 89.2. The number of carbonyl (C=O) groups is 7. The van der Waals surface area contributed by atoms with E-state index in [-0.39, 0.29) is 78.6 Å². The topological polar surface area (TPSA) is 351 Å². The molecule has 792 valence electrons. The molecule has 28 heteroatoms. The first-order valence-electron chi connectivity index (χ1n) is 49.7. The normalized spacial score (nSPS) is 12.8. The predicted octanol–water partition coefficient (Wildman–Crippen LogP) is 25.2. The average Bonchev–Trinajstić information content (AvgIpc) is 1.43. The van der Waals surface area contributed by atoms with Gasteiger partial charge in [-0.3, -0.25) is 24.0 Å². The number of hydrogen-bond donors (Lipinski definition) is 5. The highest BCUT2D eigenvalue weighted by molar-refractivity contribution is 6.13. The second kappa shape index (κ2) is 76.1. The zero-order valence-corrected chi connectivity index (χ0v) is 89.9. The summed E-state index contributed by atoms with van der Waals surface area (Å²) in [7, 11) is 0. The summed E-state index contributed by atoms with van der Waals surface area (Å²) < 4.78 is 80.4. The van der Waals surface area contributed by atoms with Crippen molar-refractivity contribution >= 4 is 53.6 Å². The lowest BCUT2D eigenvalue weighted by Gasteiger charge is -2.20. The molecular weight excluding hydrogens is 1820 g/mol. The van der Waals surface area contributed by atoms with E-state index < -0.39 is 40.4 Å². The molecule has 2 aliphatic rings. The molecule has 2 aliphatic heterocycles. The van der Waals surface area contributed by atoms with Crippen molar-refractivity contribution in [1.29, 1.82) is 0 Å². The number of hydrogen-bond acceptors (Lipinski definition) is 27. The molecule has 0 bridgehead atoms. The molecule has 7 aromatic rings. The predicted molar refractivity (Wildman–Crippen MR) is 557 cm³/mol. The van der Waals surface area contributed by atoms with Gasteiger partial charge in [-0.05, 0) is 290 Å². The fourth-order valence-corrected chi connectivity index (χ4v) is 12.1.